The maximum absolute atomic E-state index is 12.7. The number of piperidine rings is 1. The lowest BCUT2D eigenvalue weighted by Gasteiger charge is -2.32. The van der Waals surface area contributed by atoms with Crippen LogP contribution in [0.25, 0.3) is 0 Å². The Labute approximate surface area is 146 Å². The van der Waals surface area contributed by atoms with E-state index in [0.29, 0.717) is 18.9 Å². The second-order valence-electron chi connectivity index (χ2n) is 6.85. The van der Waals surface area contributed by atoms with E-state index in [2.05, 4.69) is 22.9 Å². The van der Waals surface area contributed by atoms with E-state index in [1.165, 1.54) is 0 Å². The first-order valence-corrected chi connectivity index (χ1v) is 9.10. The number of rotatable bonds is 2. The van der Waals surface area contributed by atoms with E-state index in [0.717, 1.165) is 41.7 Å². The minimum Gasteiger partial charge on any atom is -0.342 e. The first-order valence-electron chi connectivity index (χ1n) is 8.31. The van der Waals surface area contributed by atoms with Crippen LogP contribution in [0.3, 0.4) is 0 Å². The highest BCUT2D eigenvalue weighted by atomic mass is 79.9. The maximum Gasteiger partial charge on any atom is 0.228 e. The highest BCUT2D eigenvalue weighted by Gasteiger charge is 2.37. The third-order valence-corrected chi connectivity index (χ3v) is 5.89. The number of carbonyl (C=O) groups is 2. The molecule has 5 heteroatoms. The number of aryl methyl sites for hydroxylation is 1. The molecule has 0 radical (unpaired) electrons. The number of halogens is 1. The zero-order chi connectivity index (χ0) is 16.6. The van der Waals surface area contributed by atoms with Gasteiger partial charge in [-0.3, -0.25) is 9.59 Å². The molecule has 4 nitrogen and oxygen atoms in total. The van der Waals surface area contributed by atoms with Crippen molar-refractivity contribution in [1.82, 2.24) is 4.90 Å². The lowest BCUT2D eigenvalue weighted by molar-refractivity contribution is -0.137. The molecule has 23 heavy (non-hydrogen) atoms. The van der Waals surface area contributed by atoms with Crippen molar-refractivity contribution in [2.45, 2.75) is 33.1 Å². The van der Waals surface area contributed by atoms with Gasteiger partial charge in [-0.2, -0.15) is 0 Å². The molecule has 2 saturated heterocycles. The van der Waals surface area contributed by atoms with Crippen LogP contribution >= 0.6 is 15.9 Å². The van der Waals surface area contributed by atoms with Gasteiger partial charge in [-0.25, -0.2) is 0 Å². The van der Waals surface area contributed by atoms with Gasteiger partial charge >= 0.3 is 0 Å². The lowest BCUT2D eigenvalue weighted by atomic mass is 9.97. The quantitative estimate of drug-likeness (QED) is 0.791. The highest BCUT2D eigenvalue weighted by molar-refractivity contribution is 9.10. The molecule has 2 aliphatic rings. The number of benzene rings is 1. The first kappa shape index (κ1) is 16.5. The average molecular weight is 379 g/mol. The molecule has 2 fully saturated rings. The molecule has 1 aromatic carbocycles. The van der Waals surface area contributed by atoms with Crippen molar-refractivity contribution in [2.75, 3.05) is 24.5 Å². The van der Waals surface area contributed by atoms with Gasteiger partial charge < -0.3 is 9.80 Å². The topological polar surface area (TPSA) is 40.6 Å². The van der Waals surface area contributed by atoms with Crippen LogP contribution in [0.4, 0.5) is 5.69 Å². The van der Waals surface area contributed by atoms with Gasteiger partial charge in [0, 0.05) is 36.2 Å². The number of amides is 2. The third kappa shape index (κ3) is 3.44. The fraction of sp³-hybridized carbons (Fsp3) is 0.556. The largest absolute Gasteiger partial charge is 0.342 e. The Hall–Kier alpha value is -1.36. The summed E-state index contributed by atoms with van der Waals surface area (Å²) in [4.78, 5) is 28.7. The summed E-state index contributed by atoms with van der Waals surface area (Å²) in [5.41, 5.74) is 2.01. The summed E-state index contributed by atoms with van der Waals surface area (Å²) in [6.07, 6.45) is 2.47. The predicted octanol–water partition coefficient (Wildman–Crippen LogP) is 3.37. The minimum absolute atomic E-state index is 0.0458. The lowest BCUT2D eigenvalue weighted by Crippen LogP contribution is -2.42. The SMILES string of the molecule is Cc1ccc(N2CC(C(=O)N3CCC(C)CC3)CC2=O)cc1Br. The Morgan fingerprint density at radius 3 is 2.61 bits per heavy atom. The van der Waals surface area contributed by atoms with Gasteiger partial charge in [0.15, 0.2) is 0 Å². The molecule has 0 N–H and O–H groups in total. The Morgan fingerprint density at radius 1 is 1.26 bits per heavy atom. The van der Waals surface area contributed by atoms with Crippen LogP contribution in [0, 0.1) is 18.8 Å². The van der Waals surface area contributed by atoms with Crippen LogP contribution in [0.5, 0.6) is 0 Å². The van der Waals surface area contributed by atoms with E-state index >= 15 is 0 Å². The molecule has 124 valence electrons. The Morgan fingerprint density at radius 2 is 1.96 bits per heavy atom. The van der Waals surface area contributed by atoms with Crippen molar-refractivity contribution in [3.63, 3.8) is 0 Å². The Balaban J connectivity index is 1.69. The summed E-state index contributed by atoms with van der Waals surface area (Å²) in [6.45, 7) is 6.42. The summed E-state index contributed by atoms with van der Waals surface area (Å²) in [5.74, 6) is 0.699. The second-order valence-corrected chi connectivity index (χ2v) is 7.70. The Bertz CT molecular complexity index is 623. The standard InChI is InChI=1S/C18H23BrN2O2/c1-12-5-7-20(8-6-12)18(23)14-9-17(22)21(11-14)15-4-3-13(2)16(19)10-15/h3-4,10,12,14H,5-9,11H2,1-2H3. The fourth-order valence-electron chi connectivity index (χ4n) is 3.36. The molecule has 1 unspecified atom stereocenters. The van der Waals surface area contributed by atoms with Crippen LogP contribution in [-0.4, -0.2) is 36.3 Å². The molecule has 0 aromatic heterocycles. The van der Waals surface area contributed by atoms with Gasteiger partial charge in [-0.1, -0.05) is 28.9 Å². The zero-order valence-electron chi connectivity index (χ0n) is 13.7. The van der Waals surface area contributed by atoms with Crippen LogP contribution in [0.2, 0.25) is 0 Å². The molecule has 0 spiro atoms. The molecule has 2 heterocycles. The fourth-order valence-corrected chi connectivity index (χ4v) is 3.73. The molecule has 1 atom stereocenters. The normalized spacial score (nSPS) is 22.7. The van der Waals surface area contributed by atoms with Crippen molar-refractivity contribution in [3.05, 3.63) is 28.2 Å². The summed E-state index contributed by atoms with van der Waals surface area (Å²) in [5, 5.41) is 0. The minimum atomic E-state index is -0.198. The van der Waals surface area contributed by atoms with Gasteiger partial charge in [-0.15, -0.1) is 0 Å². The van der Waals surface area contributed by atoms with Gasteiger partial charge in [0.2, 0.25) is 11.8 Å². The van der Waals surface area contributed by atoms with Crippen LogP contribution < -0.4 is 4.90 Å². The summed E-state index contributed by atoms with van der Waals surface area (Å²) >= 11 is 3.51. The number of hydrogen-bond donors (Lipinski definition) is 0. The number of anilines is 1. The number of carbonyl (C=O) groups excluding carboxylic acids is 2. The van der Waals surface area contributed by atoms with Crippen molar-refractivity contribution >= 4 is 33.4 Å². The second kappa shape index (κ2) is 6.63. The summed E-state index contributed by atoms with van der Waals surface area (Å²) < 4.78 is 0.989. The molecule has 2 amide bonds. The van der Waals surface area contributed by atoms with Gasteiger partial charge in [-0.05, 0) is 43.4 Å². The van der Waals surface area contributed by atoms with Gasteiger partial charge in [0.1, 0.15) is 0 Å². The highest BCUT2D eigenvalue weighted by Crippen LogP contribution is 2.30. The van der Waals surface area contributed by atoms with E-state index in [-0.39, 0.29) is 17.7 Å². The average Bonchev–Trinajstić information content (AvgIpc) is 2.92. The molecule has 0 saturated carbocycles. The molecule has 1 aromatic rings. The summed E-state index contributed by atoms with van der Waals surface area (Å²) in [6, 6.07) is 5.91. The number of hydrogen-bond acceptors (Lipinski definition) is 2. The van der Waals surface area contributed by atoms with E-state index in [9.17, 15) is 9.59 Å². The number of likely N-dealkylation sites (tertiary alicyclic amines) is 1. The molecule has 0 bridgehead atoms. The Kier molecular flexibility index (Phi) is 4.76. The maximum atomic E-state index is 12.7. The van der Waals surface area contributed by atoms with Crippen LogP contribution in [0.15, 0.2) is 22.7 Å². The van der Waals surface area contributed by atoms with Gasteiger partial charge in [0.05, 0.1) is 5.92 Å². The van der Waals surface area contributed by atoms with E-state index in [1.807, 2.05) is 30.0 Å². The van der Waals surface area contributed by atoms with Crippen molar-refractivity contribution in [2.24, 2.45) is 11.8 Å². The first-order chi connectivity index (χ1) is 11.0. The van der Waals surface area contributed by atoms with E-state index in [4.69, 9.17) is 0 Å². The smallest absolute Gasteiger partial charge is 0.228 e. The zero-order valence-corrected chi connectivity index (χ0v) is 15.3. The molecule has 2 aliphatic heterocycles. The predicted molar refractivity (Wildman–Crippen MR) is 94.3 cm³/mol. The van der Waals surface area contributed by atoms with Crippen molar-refractivity contribution < 1.29 is 9.59 Å². The van der Waals surface area contributed by atoms with Crippen LogP contribution in [-0.2, 0) is 9.59 Å². The number of nitrogens with zero attached hydrogens (tertiary/aromatic N) is 2. The van der Waals surface area contributed by atoms with Crippen molar-refractivity contribution in [3.8, 4) is 0 Å². The molecule has 0 aliphatic carbocycles. The van der Waals surface area contributed by atoms with E-state index < -0.39 is 0 Å². The molecular formula is C18H23BrN2O2. The summed E-state index contributed by atoms with van der Waals surface area (Å²) in [7, 11) is 0. The van der Waals surface area contributed by atoms with Crippen LogP contribution in [0.1, 0.15) is 31.7 Å². The molecule has 3 rings (SSSR count). The monoisotopic (exact) mass is 378 g/mol. The van der Waals surface area contributed by atoms with E-state index in [1.54, 1.807) is 4.90 Å². The van der Waals surface area contributed by atoms with Gasteiger partial charge in [0.25, 0.3) is 0 Å². The molecular weight excluding hydrogens is 356 g/mol. The third-order valence-electron chi connectivity index (χ3n) is 5.04. The van der Waals surface area contributed by atoms with Crippen molar-refractivity contribution in [1.29, 1.82) is 0 Å².